The lowest BCUT2D eigenvalue weighted by Gasteiger charge is -2.25. The molecule has 0 radical (unpaired) electrons. The van der Waals surface area contributed by atoms with Gasteiger partial charge < -0.3 is 15.6 Å². The minimum atomic E-state index is 0. The zero-order chi connectivity index (χ0) is 20.6. The Hall–Kier alpha value is -2.13. The van der Waals surface area contributed by atoms with Gasteiger partial charge in [-0.2, -0.15) is 0 Å². The number of rotatable bonds is 8. The molecule has 1 unspecified atom stereocenters. The number of aliphatic imine (C=N–C) groups is 1. The quantitative estimate of drug-likeness (QED) is 0.178. The van der Waals surface area contributed by atoms with E-state index in [1.165, 1.54) is 24.9 Å². The van der Waals surface area contributed by atoms with Gasteiger partial charge in [-0.15, -0.1) is 24.0 Å². The maximum Gasteiger partial charge on any atom is 0.191 e. The van der Waals surface area contributed by atoms with Crippen LogP contribution in [0.5, 0.6) is 0 Å². The average Bonchev–Trinajstić information content (AvgIpc) is 3.40. The topological polar surface area (TPSA) is 68.3 Å². The first-order valence-electron chi connectivity index (χ1n) is 11.0. The van der Waals surface area contributed by atoms with Gasteiger partial charge in [0.25, 0.3) is 0 Å². The smallest absolute Gasteiger partial charge is 0.191 e. The number of H-pyrrole nitrogens is 1. The molecule has 4 rings (SSSR count). The first-order chi connectivity index (χ1) is 14.8. The van der Waals surface area contributed by atoms with Crippen LogP contribution < -0.4 is 10.6 Å². The molecule has 3 N–H and O–H groups in total. The number of nitrogens with zero attached hydrogens (tertiary/aromatic N) is 3. The monoisotopic (exact) mass is 532 g/mol. The highest BCUT2D eigenvalue weighted by atomic mass is 127. The lowest BCUT2D eigenvalue weighted by molar-refractivity contribution is 0.245. The summed E-state index contributed by atoms with van der Waals surface area (Å²) in [6.07, 6.45) is 4.43. The molecule has 0 amide bonds. The van der Waals surface area contributed by atoms with Crippen LogP contribution in [0.2, 0.25) is 0 Å². The molecule has 0 saturated carbocycles. The van der Waals surface area contributed by atoms with Crippen molar-refractivity contribution in [2.24, 2.45) is 4.99 Å². The zero-order valence-electron chi connectivity index (χ0n) is 18.2. The van der Waals surface area contributed by atoms with E-state index in [4.69, 9.17) is 0 Å². The number of aromatic amines is 1. The molecule has 1 saturated heterocycles. The van der Waals surface area contributed by atoms with Gasteiger partial charge in [0.2, 0.25) is 0 Å². The Morgan fingerprint density at radius 2 is 1.94 bits per heavy atom. The Morgan fingerprint density at radius 1 is 1.13 bits per heavy atom. The second kappa shape index (κ2) is 12.0. The summed E-state index contributed by atoms with van der Waals surface area (Å²) in [6, 6.07) is 19.5. The number of para-hydroxylation sites is 2. The Kier molecular flexibility index (Phi) is 9.14. The zero-order valence-corrected chi connectivity index (χ0v) is 20.5. The first-order valence-corrected chi connectivity index (χ1v) is 11.0. The molecule has 1 aliphatic heterocycles. The number of likely N-dealkylation sites (tertiary alicyclic amines) is 1. The lowest BCUT2D eigenvalue weighted by Crippen LogP contribution is -2.45. The number of hydrogen-bond acceptors (Lipinski definition) is 3. The van der Waals surface area contributed by atoms with Crippen LogP contribution in [0.4, 0.5) is 0 Å². The largest absolute Gasteiger partial charge is 0.356 e. The normalized spacial score (nSPS) is 16.9. The van der Waals surface area contributed by atoms with Crippen LogP contribution in [-0.2, 0) is 13.0 Å². The third-order valence-electron chi connectivity index (χ3n) is 5.78. The van der Waals surface area contributed by atoms with Crippen LogP contribution in [0.15, 0.2) is 59.6 Å². The van der Waals surface area contributed by atoms with Crippen molar-refractivity contribution in [2.75, 3.05) is 26.7 Å². The second-order valence-electron chi connectivity index (χ2n) is 7.94. The third kappa shape index (κ3) is 6.67. The van der Waals surface area contributed by atoms with Gasteiger partial charge in [0.1, 0.15) is 5.82 Å². The van der Waals surface area contributed by atoms with Crippen molar-refractivity contribution in [3.05, 3.63) is 66.0 Å². The Morgan fingerprint density at radius 3 is 2.74 bits per heavy atom. The van der Waals surface area contributed by atoms with Crippen molar-refractivity contribution >= 4 is 41.0 Å². The SMILES string of the molecule is CN=C(NCCCc1nc2ccccc2[nH]1)NCC1CCCN1Cc1ccccc1.I. The Labute approximate surface area is 202 Å². The van der Waals surface area contributed by atoms with E-state index in [-0.39, 0.29) is 24.0 Å². The van der Waals surface area contributed by atoms with Crippen molar-refractivity contribution in [2.45, 2.75) is 38.3 Å². The molecule has 1 atom stereocenters. The molecular formula is C24H33IN6. The molecule has 166 valence electrons. The van der Waals surface area contributed by atoms with Crippen LogP contribution in [-0.4, -0.2) is 53.6 Å². The van der Waals surface area contributed by atoms with Crippen molar-refractivity contribution in [3.63, 3.8) is 0 Å². The number of imidazole rings is 1. The molecule has 7 heteroatoms. The third-order valence-corrected chi connectivity index (χ3v) is 5.78. The Bertz CT molecular complexity index is 922. The van der Waals surface area contributed by atoms with Gasteiger partial charge in [-0.3, -0.25) is 9.89 Å². The highest BCUT2D eigenvalue weighted by molar-refractivity contribution is 14.0. The van der Waals surface area contributed by atoms with Crippen LogP contribution in [0.25, 0.3) is 11.0 Å². The fourth-order valence-electron chi connectivity index (χ4n) is 4.17. The summed E-state index contributed by atoms with van der Waals surface area (Å²) in [7, 11) is 1.84. The lowest BCUT2D eigenvalue weighted by atomic mass is 10.2. The van der Waals surface area contributed by atoms with Gasteiger partial charge in [-0.1, -0.05) is 42.5 Å². The van der Waals surface area contributed by atoms with Crippen molar-refractivity contribution < 1.29 is 0 Å². The molecule has 6 nitrogen and oxygen atoms in total. The highest BCUT2D eigenvalue weighted by Crippen LogP contribution is 2.19. The number of hydrogen-bond donors (Lipinski definition) is 3. The maximum atomic E-state index is 4.65. The standard InChI is InChI=1S/C24H32N6.HI/c1-25-24(26-15-7-14-23-28-21-12-5-6-13-22(21)29-23)27-17-20-11-8-16-30(20)18-19-9-3-2-4-10-19;/h2-6,9-10,12-13,20H,7-8,11,14-18H2,1H3,(H,28,29)(H2,25,26,27);1H. The van der Waals surface area contributed by atoms with E-state index in [0.717, 1.165) is 55.3 Å². The summed E-state index contributed by atoms with van der Waals surface area (Å²) < 4.78 is 0. The molecule has 0 bridgehead atoms. The molecule has 0 aliphatic carbocycles. The molecular weight excluding hydrogens is 499 g/mol. The minimum absolute atomic E-state index is 0. The minimum Gasteiger partial charge on any atom is -0.356 e. The number of halogens is 1. The maximum absolute atomic E-state index is 4.65. The fourth-order valence-corrected chi connectivity index (χ4v) is 4.17. The van der Waals surface area contributed by atoms with E-state index in [1.54, 1.807) is 0 Å². The number of fused-ring (bicyclic) bond motifs is 1. The van der Waals surface area contributed by atoms with Crippen molar-refractivity contribution in [1.82, 2.24) is 25.5 Å². The average molecular weight is 532 g/mol. The predicted molar refractivity (Wildman–Crippen MR) is 139 cm³/mol. The number of benzene rings is 2. The van der Waals surface area contributed by atoms with Gasteiger partial charge in [0.15, 0.2) is 5.96 Å². The summed E-state index contributed by atoms with van der Waals surface area (Å²) in [5.74, 6) is 1.93. The molecule has 1 aliphatic rings. The van der Waals surface area contributed by atoms with Gasteiger partial charge in [-0.05, 0) is 43.5 Å². The van der Waals surface area contributed by atoms with Crippen LogP contribution in [0.3, 0.4) is 0 Å². The van der Waals surface area contributed by atoms with Crippen molar-refractivity contribution in [1.29, 1.82) is 0 Å². The van der Waals surface area contributed by atoms with E-state index in [0.29, 0.717) is 6.04 Å². The summed E-state index contributed by atoms with van der Waals surface area (Å²) in [5.41, 5.74) is 3.53. The van der Waals surface area contributed by atoms with Gasteiger partial charge in [-0.25, -0.2) is 4.98 Å². The van der Waals surface area contributed by atoms with Crippen molar-refractivity contribution in [3.8, 4) is 0 Å². The number of guanidine groups is 1. The second-order valence-corrected chi connectivity index (χ2v) is 7.94. The summed E-state index contributed by atoms with van der Waals surface area (Å²) in [5, 5.41) is 6.96. The first kappa shape index (κ1) is 23.5. The van der Waals surface area contributed by atoms with E-state index in [1.807, 2.05) is 25.2 Å². The van der Waals surface area contributed by atoms with Crippen LogP contribution >= 0.6 is 24.0 Å². The number of nitrogens with one attached hydrogen (secondary N) is 3. The molecule has 0 spiro atoms. The molecule has 1 aromatic heterocycles. The molecule has 3 aromatic rings. The number of aryl methyl sites for hydroxylation is 1. The van der Waals surface area contributed by atoms with E-state index < -0.39 is 0 Å². The van der Waals surface area contributed by atoms with E-state index in [2.05, 4.69) is 66.9 Å². The predicted octanol–water partition coefficient (Wildman–Crippen LogP) is 3.94. The molecule has 1 fully saturated rings. The molecule has 2 aromatic carbocycles. The van der Waals surface area contributed by atoms with Gasteiger partial charge >= 0.3 is 0 Å². The summed E-state index contributed by atoms with van der Waals surface area (Å²) >= 11 is 0. The summed E-state index contributed by atoms with van der Waals surface area (Å²) in [4.78, 5) is 15.0. The summed E-state index contributed by atoms with van der Waals surface area (Å²) in [6.45, 7) is 3.99. The molecule has 2 heterocycles. The van der Waals surface area contributed by atoms with E-state index in [9.17, 15) is 0 Å². The highest BCUT2D eigenvalue weighted by Gasteiger charge is 2.24. The van der Waals surface area contributed by atoms with Gasteiger partial charge in [0, 0.05) is 39.1 Å². The number of aromatic nitrogens is 2. The van der Waals surface area contributed by atoms with Crippen LogP contribution in [0, 0.1) is 0 Å². The van der Waals surface area contributed by atoms with Crippen LogP contribution in [0.1, 0.15) is 30.7 Å². The Balaban J connectivity index is 0.00000272. The van der Waals surface area contributed by atoms with Gasteiger partial charge in [0.05, 0.1) is 11.0 Å². The molecule has 31 heavy (non-hydrogen) atoms. The fraction of sp³-hybridized carbons (Fsp3) is 0.417. The van der Waals surface area contributed by atoms with E-state index >= 15 is 0 Å².